The molecule has 2 unspecified atom stereocenters. The summed E-state index contributed by atoms with van der Waals surface area (Å²) >= 11 is 0. The Kier molecular flexibility index (Phi) is 25.0. The van der Waals surface area contributed by atoms with Gasteiger partial charge in [-0.1, -0.05) is 96.1 Å². The minimum atomic E-state index is -4.36. The highest BCUT2D eigenvalue weighted by atomic mass is 31.2. The number of allylic oxidation sites excluding steroid dienone is 2. The highest BCUT2D eigenvalue weighted by molar-refractivity contribution is 7.51. The second-order valence-corrected chi connectivity index (χ2v) is 14.4. The van der Waals surface area contributed by atoms with Crippen molar-refractivity contribution >= 4 is 13.6 Å². The summed E-state index contributed by atoms with van der Waals surface area (Å²) in [5.41, 5.74) is 0. The number of nitrogens with zero attached hydrogens (tertiary/aromatic N) is 1. The number of ether oxygens (including phenoxy) is 1. The van der Waals surface area contributed by atoms with Crippen molar-refractivity contribution < 1.29 is 43.3 Å². The smallest absolute Gasteiger partial charge is 0.305 e. The fourth-order valence-corrected chi connectivity index (χ4v) is 6.15. The molecule has 0 aliphatic carbocycles. The molecule has 0 aliphatic heterocycles. The number of carbonyl (C=O) groups excluding carboxylic acids is 1. The van der Waals surface area contributed by atoms with Gasteiger partial charge in [0.1, 0.15) is 18.5 Å². The summed E-state index contributed by atoms with van der Waals surface area (Å²) in [7, 11) is -1.06. The Balaban J connectivity index is 3.72. The lowest BCUT2D eigenvalue weighted by molar-refractivity contribution is -0.902. The van der Waals surface area contributed by atoms with Gasteiger partial charge >= 0.3 is 5.97 Å². The van der Waals surface area contributed by atoms with Crippen LogP contribution < -0.4 is 4.89 Å². The maximum Gasteiger partial charge on any atom is 0.305 e. The average Bonchev–Trinajstić information content (AvgIpc) is 2.94. The second-order valence-electron chi connectivity index (χ2n) is 12.3. The van der Waals surface area contributed by atoms with Crippen molar-refractivity contribution in [3.8, 4) is 0 Å². The standard InChI is InChI=1S/C32H64NO8P/c1-5-6-7-8-9-10-11-12-13-14-15-16-17-18-19-20-21-22-23-24-32(37)40-27-30(34)28-41-42(38,39)29(2)33(3,4)26-25-31(35)36/h13-14,29-31,34-36H,5-12,15-28H2,1-4H3/b14-13-/t29?,30-/m1/s1. The summed E-state index contributed by atoms with van der Waals surface area (Å²) < 4.78 is 22.5. The molecule has 0 rings (SSSR count). The molecule has 0 saturated heterocycles. The number of esters is 1. The number of hydrogen-bond acceptors (Lipinski definition) is 8. The molecule has 0 radical (unpaired) electrons. The molecule has 42 heavy (non-hydrogen) atoms. The average molecular weight is 622 g/mol. The molecular weight excluding hydrogens is 557 g/mol. The topological polar surface area (TPSA) is 136 Å². The highest BCUT2D eigenvalue weighted by Crippen LogP contribution is 2.46. The van der Waals surface area contributed by atoms with Crippen LogP contribution in [-0.2, 0) is 18.6 Å². The molecule has 0 aromatic heterocycles. The van der Waals surface area contributed by atoms with Crippen molar-refractivity contribution in [2.24, 2.45) is 0 Å². The molecular formula is C32H64NO8P. The summed E-state index contributed by atoms with van der Waals surface area (Å²) in [6, 6.07) is 0. The molecule has 0 bridgehead atoms. The number of hydrogen-bond donors (Lipinski definition) is 3. The zero-order chi connectivity index (χ0) is 31.7. The molecule has 0 aromatic carbocycles. The third kappa shape index (κ3) is 23.6. The van der Waals surface area contributed by atoms with Crippen LogP contribution >= 0.6 is 7.60 Å². The van der Waals surface area contributed by atoms with Gasteiger partial charge in [0.15, 0.2) is 13.9 Å². The van der Waals surface area contributed by atoms with Gasteiger partial charge in [-0.15, -0.1) is 0 Å². The third-order valence-corrected chi connectivity index (χ3v) is 10.0. The molecule has 0 heterocycles. The van der Waals surface area contributed by atoms with Crippen LogP contribution in [0.1, 0.15) is 136 Å². The van der Waals surface area contributed by atoms with Gasteiger partial charge in [-0.3, -0.25) is 4.79 Å². The maximum absolute atomic E-state index is 12.5. The molecule has 10 heteroatoms. The Morgan fingerprint density at radius 1 is 0.810 bits per heavy atom. The number of rotatable bonds is 29. The SMILES string of the molecule is CCCCCCCCC/C=C\CCCCCCCCCCC(=O)OC[C@@H](O)COP(=O)([O-])C(C)[N+](C)(C)CCC(O)O. The molecule has 0 aliphatic rings. The van der Waals surface area contributed by atoms with Gasteiger partial charge < -0.3 is 38.5 Å². The van der Waals surface area contributed by atoms with Crippen LogP contribution in [0.2, 0.25) is 0 Å². The van der Waals surface area contributed by atoms with Crippen molar-refractivity contribution in [3.05, 3.63) is 12.2 Å². The zero-order valence-corrected chi connectivity index (χ0v) is 28.1. The van der Waals surface area contributed by atoms with Crippen LogP contribution in [-0.4, -0.2) is 77.8 Å². The lowest BCUT2D eigenvalue weighted by Crippen LogP contribution is -2.50. The van der Waals surface area contributed by atoms with Crippen molar-refractivity contribution in [2.75, 3.05) is 33.9 Å². The predicted molar refractivity (Wildman–Crippen MR) is 168 cm³/mol. The first-order chi connectivity index (χ1) is 19.9. The van der Waals surface area contributed by atoms with E-state index in [4.69, 9.17) is 19.5 Å². The molecule has 3 atom stereocenters. The summed E-state index contributed by atoms with van der Waals surface area (Å²) in [5, 5.41) is 28.1. The lowest BCUT2D eigenvalue weighted by Gasteiger charge is -2.42. The Bertz CT molecular complexity index is 731. The lowest BCUT2D eigenvalue weighted by atomic mass is 10.1. The first-order valence-corrected chi connectivity index (χ1v) is 18.2. The number of aliphatic hydroxyl groups excluding tert-OH is 2. The summed E-state index contributed by atoms with van der Waals surface area (Å²) in [6.07, 6.45) is 23.1. The van der Waals surface area contributed by atoms with E-state index in [-0.39, 0.29) is 30.5 Å². The summed E-state index contributed by atoms with van der Waals surface area (Å²) in [4.78, 5) is 24.5. The van der Waals surface area contributed by atoms with Crippen LogP contribution in [0.3, 0.4) is 0 Å². The first-order valence-electron chi connectivity index (χ1n) is 16.5. The van der Waals surface area contributed by atoms with E-state index in [1.165, 1.54) is 96.8 Å². The Hall–Kier alpha value is -0.800. The van der Waals surface area contributed by atoms with E-state index in [1.54, 1.807) is 14.1 Å². The molecule has 9 nitrogen and oxygen atoms in total. The largest absolute Gasteiger partial charge is 0.774 e. The fourth-order valence-electron chi connectivity index (χ4n) is 4.67. The van der Waals surface area contributed by atoms with Crippen molar-refractivity contribution in [3.63, 3.8) is 0 Å². The quantitative estimate of drug-likeness (QED) is 0.0225. The zero-order valence-electron chi connectivity index (χ0n) is 27.2. The molecule has 250 valence electrons. The predicted octanol–water partition coefficient (Wildman–Crippen LogP) is 6.18. The molecule has 0 saturated carbocycles. The van der Waals surface area contributed by atoms with E-state index in [0.717, 1.165) is 19.3 Å². The van der Waals surface area contributed by atoms with Gasteiger partial charge in [0.2, 0.25) is 0 Å². The number of carbonyl (C=O) groups is 1. The van der Waals surface area contributed by atoms with E-state index < -0.39 is 38.3 Å². The summed E-state index contributed by atoms with van der Waals surface area (Å²) in [5.74, 6) is -1.37. The van der Waals surface area contributed by atoms with E-state index in [9.17, 15) is 19.4 Å². The van der Waals surface area contributed by atoms with Crippen molar-refractivity contribution in [1.82, 2.24) is 0 Å². The van der Waals surface area contributed by atoms with E-state index in [2.05, 4.69) is 19.1 Å². The molecule has 0 aromatic rings. The second kappa shape index (κ2) is 25.5. The van der Waals surface area contributed by atoms with Crippen LogP contribution in [0.25, 0.3) is 0 Å². The van der Waals surface area contributed by atoms with Gasteiger partial charge in [0.25, 0.3) is 0 Å². The minimum Gasteiger partial charge on any atom is -0.774 e. The van der Waals surface area contributed by atoms with Gasteiger partial charge in [0.05, 0.1) is 27.2 Å². The number of aliphatic hydroxyl groups is 3. The fraction of sp³-hybridized carbons (Fsp3) is 0.906. The molecule has 0 amide bonds. The Morgan fingerprint density at radius 3 is 1.79 bits per heavy atom. The van der Waals surface area contributed by atoms with Crippen LogP contribution in [0, 0.1) is 0 Å². The van der Waals surface area contributed by atoms with Crippen LogP contribution in [0.4, 0.5) is 0 Å². The molecule has 0 spiro atoms. The van der Waals surface area contributed by atoms with Gasteiger partial charge in [0, 0.05) is 12.8 Å². The number of quaternary nitrogens is 1. The van der Waals surface area contributed by atoms with Crippen LogP contribution in [0.15, 0.2) is 12.2 Å². The summed E-state index contributed by atoms with van der Waals surface area (Å²) in [6.45, 7) is 3.12. The monoisotopic (exact) mass is 621 g/mol. The van der Waals surface area contributed by atoms with Gasteiger partial charge in [-0.25, -0.2) is 0 Å². The van der Waals surface area contributed by atoms with Crippen LogP contribution in [0.5, 0.6) is 0 Å². The van der Waals surface area contributed by atoms with Crippen molar-refractivity contribution in [1.29, 1.82) is 0 Å². The maximum atomic E-state index is 12.5. The normalized spacial score (nSPS) is 15.3. The molecule has 3 N–H and O–H groups in total. The van der Waals surface area contributed by atoms with E-state index in [1.807, 2.05) is 0 Å². The van der Waals surface area contributed by atoms with Gasteiger partial charge in [-0.2, -0.15) is 0 Å². The van der Waals surface area contributed by atoms with E-state index in [0.29, 0.717) is 0 Å². The minimum absolute atomic E-state index is 0.0213. The Morgan fingerprint density at radius 2 is 1.29 bits per heavy atom. The highest BCUT2D eigenvalue weighted by Gasteiger charge is 2.34. The first kappa shape index (κ1) is 41.2. The Labute approximate surface area is 256 Å². The number of unbranched alkanes of at least 4 members (excludes halogenated alkanes) is 15. The van der Waals surface area contributed by atoms with Gasteiger partial charge in [-0.05, 0) is 39.0 Å². The third-order valence-electron chi connectivity index (χ3n) is 7.96. The van der Waals surface area contributed by atoms with Crippen molar-refractivity contribution in [2.45, 2.75) is 154 Å². The van der Waals surface area contributed by atoms with E-state index >= 15 is 0 Å². The molecule has 0 fully saturated rings.